The van der Waals surface area contributed by atoms with Crippen molar-refractivity contribution in [3.05, 3.63) is 42.5 Å². The molecule has 3 rings (SSSR count). The van der Waals surface area contributed by atoms with Crippen molar-refractivity contribution in [1.29, 1.82) is 0 Å². The van der Waals surface area contributed by atoms with Crippen molar-refractivity contribution in [3.8, 4) is 17.2 Å². The second-order valence-electron chi connectivity index (χ2n) is 6.50. The second-order valence-corrected chi connectivity index (χ2v) is 6.50. The minimum Gasteiger partial charge on any atom is -0.497 e. The van der Waals surface area contributed by atoms with Crippen molar-refractivity contribution in [3.63, 3.8) is 0 Å². The highest BCUT2D eigenvalue weighted by Gasteiger charge is 2.34. The van der Waals surface area contributed by atoms with Gasteiger partial charge in [-0.1, -0.05) is 6.07 Å². The van der Waals surface area contributed by atoms with Crippen LogP contribution >= 0.6 is 0 Å². The molecule has 1 heterocycles. The highest BCUT2D eigenvalue weighted by molar-refractivity contribution is 6.41. The van der Waals surface area contributed by atoms with Gasteiger partial charge in [0.2, 0.25) is 5.91 Å². The van der Waals surface area contributed by atoms with Crippen LogP contribution in [0.25, 0.3) is 0 Å². The van der Waals surface area contributed by atoms with Crippen LogP contribution in [0.1, 0.15) is 0 Å². The van der Waals surface area contributed by atoms with Crippen LogP contribution in [-0.2, 0) is 14.4 Å². The molecule has 0 aromatic heterocycles. The van der Waals surface area contributed by atoms with E-state index >= 15 is 0 Å². The quantitative estimate of drug-likeness (QED) is 0.692. The van der Waals surface area contributed by atoms with Gasteiger partial charge in [0.05, 0.1) is 21.3 Å². The Morgan fingerprint density at radius 2 is 1.70 bits per heavy atom. The molecule has 0 atom stereocenters. The summed E-state index contributed by atoms with van der Waals surface area (Å²) < 4.78 is 15.5. The first-order chi connectivity index (χ1) is 14.5. The summed E-state index contributed by atoms with van der Waals surface area (Å²) in [4.78, 5) is 40.1. The molecule has 0 radical (unpaired) electrons. The van der Waals surface area contributed by atoms with E-state index in [1.165, 1.54) is 31.1 Å². The summed E-state index contributed by atoms with van der Waals surface area (Å²) in [5, 5.41) is 2.70. The number of anilines is 2. The third kappa shape index (κ3) is 4.45. The van der Waals surface area contributed by atoms with Crippen LogP contribution in [0.5, 0.6) is 17.2 Å². The molecule has 2 aromatic carbocycles. The normalized spacial score (nSPS) is 13.8. The molecule has 0 spiro atoms. The van der Waals surface area contributed by atoms with E-state index in [-0.39, 0.29) is 19.6 Å². The average Bonchev–Trinajstić information content (AvgIpc) is 2.77. The maximum absolute atomic E-state index is 12.6. The lowest BCUT2D eigenvalue weighted by Gasteiger charge is -2.33. The topological polar surface area (TPSA) is 97.4 Å². The van der Waals surface area contributed by atoms with Crippen LogP contribution < -0.4 is 24.4 Å². The van der Waals surface area contributed by atoms with Gasteiger partial charge in [-0.05, 0) is 24.3 Å². The van der Waals surface area contributed by atoms with Crippen LogP contribution in [0.3, 0.4) is 0 Å². The number of benzene rings is 2. The molecule has 0 bridgehead atoms. The Balaban J connectivity index is 1.63. The van der Waals surface area contributed by atoms with Crippen LogP contribution in [-0.4, -0.2) is 63.6 Å². The Hall–Kier alpha value is -3.75. The molecular weight excluding hydrogens is 390 g/mol. The third-order valence-corrected chi connectivity index (χ3v) is 4.68. The summed E-state index contributed by atoms with van der Waals surface area (Å²) in [5.74, 6) is -0.249. The first-order valence-electron chi connectivity index (χ1n) is 9.23. The fraction of sp³-hybridized carbons (Fsp3) is 0.286. The van der Waals surface area contributed by atoms with E-state index in [9.17, 15) is 14.4 Å². The number of piperazine rings is 1. The van der Waals surface area contributed by atoms with Crippen molar-refractivity contribution in [2.24, 2.45) is 0 Å². The van der Waals surface area contributed by atoms with Crippen LogP contribution in [0, 0.1) is 0 Å². The van der Waals surface area contributed by atoms with Gasteiger partial charge in [-0.25, -0.2) is 0 Å². The van der Waals surface area contributed by atoms with Crippen molar-refractivity contribution in [2.45, 2.75) is 0 Å². The molecule has 1 aliphatic rings. The molecule has 1 fully saturated rings. The highest BCUT2D eigenvalue weighted by Crippen LogP contribution is 2.29. The van der Waals surface area contributed by atoms with Crippen LogP contribution in [0.15, 0.2) is 42.5 Å². The zero-order chi connectivity index (χ0) is 21.7. The SMILES string of the molecule is COc1cccc(N2CCN(CC(=O)Nc3ccc(OC)c(OC)c3)C(=O)C2=O)c1. The van der Waals surface area contributed by atoms with Gasteiger partial charge in [0.25, 0.3) is 0 Å². The van der Waals surface area contributed by atoms with Crippen LogP contribution in [0.4, 0.5) is 11.4 Å². The third-order valence-electron chi connectivity index (χ3n) is 4.68. The summed E-state index contributed by atoms with van der Waals surface area (Å²) in [6.45, 7) is 0.285. The fourth-order valence-corrected chi connectivity index (χ4v) is 3.14. The Kier molecular flexibility index (Phi) is 6.41. The van der Waals surface area contributed by atoms with Gasteiger partial charge < -0.3 is 29.3 Å². The smallest absolute Gasteiger partial charge is 0.316 e. The largest absolute Gasteiger partial charge is 0.497 e. The predicted octanol–water partition coefficient (Wildman–Crippen LogP) is 1.53. The van der Waals surface area contributed by atoms with Gasteiger partial charge in [-0.2, -0.15) is 0 Å². The lowest BCUT2D eigenvalue weighted by Crippen LogP contribution is -2.56. The Morgan fingerprint density at radius 3 is 2.40 bits per heavy atom. The monoisotopic (exact) mass is 413 g/mol. The molecule has 1 N–H and O–H groups in total. The lowest BCUT2D eigenvalue weighted by atomic mass is 10.2. The standard InChI is InChI=1S/C21H23N3O6/c1-28-16-6-4-5-15(12-16)24-10-9-23(20(26)21(24)27)13-19(25)22-14-7-8-17(29-2)18(11-14)30-3/h4-8,11-12H,9-10,13H2,1-3H3,(H,22,25). The molecule has 9 nitrogen and oxygen atoms in total. The Labute approximate surface area is 174 Å². The van der Waals surface area contributed by atoms with Gasteiger partial charge in [0, 0.05) is 36.6 Å². The summed E-state index contributed by atoms with van der Waals surface area (Å²) in [6.07, 6.45) is 0. The second kappa shape index (κ2) is 9.17. The number of nitrogens with zero attached hydrogens (tertiary/aromatic N) is 2. The molecule has 9 heteroatoms. The Bertz CT molecular complexity index is 962. The maximum atomic E-state index is 12.6. The molecule has 1 aliphatic heterocycles. The number of carbonyl (C=O) groups is 3. The molecule has 30 heavy (non-hydrogen) atoms. The molecular formula is C21H23N3O6. The number of nitrogens with one attached hydrogen (secondary N) is 1. The fourth-order valence-electron chi connectivity index (χ4n) is 3.14. The summed E-state index contributed by atoms with van der Waals surface area (Å²) >= 11 is 0. The average molecular weight is 413 g/mol. The molecule has 3 amide bonds. The van der Waals surface area contributed by atoms with Crippen molar-refractivity contribution in [1.82, 2.24) is 4.90 Å². The van der Waals surface area contributed by atoms with E-state index < -0.39 is 17.7 Å². The van der Waals surface area contributed by atoms with E-state index in [0.717, 1.165) is 0 Å². The minimum absolute atomic E-state index is 0.231. The van der Waals surface area contributed by atoms with E-state index in [1.54, 1.807) is 42.5 Å². The number of methoxy groups -OCH3 is 3. The number of amides is 3. The zero-order valence-corrected chi connectivity index (χ0v) is 17.0. The summed E-state index contributed by atoms with van der Waals surface area (Å²) in [5.41, 5.74) is 1.06. The number of hydrogen-bond donors (Lipinski definition) is 1. The lowest BCUT2D eigenvalue weighted by molar-refractivity contribution is -0.147. The molecule has 1 saturated heterocycles. The summed E-state index contributed by atoms with van der Waals surface area (Å²) in [7, 11) is 4.54. The van der Waals surface area contributed by atoms with Crippen molar-refractivity contribution < 1.29 is 28.6 Å². The maximum Gasteiger partial charge on any atom is 0.316 e. The van der Waals surface area contributed by atoms with Crippen molar-refractivity contribution >= 4 is 29.1 Å². The first kappa shape index (κ1) is 21.0. The van der Waals surface area contributed by atoms with E-state index in [0.29, 0.717) is 28.6 Å². The molecule has 0 saturated carbocycles. The number of hydrogen-bond acceptors (Lipinski definition) is 6. The number of rotatable bonds is 7. The number of carbonyl (C=O) groups excluding carboxylic acids is 3. The van der Waals surface area contributed by atoms with Crippen molar-refractivity contribution in [2.75, 3.05) is 51.2 Å². The highest BCUT2D eigenvalue weighted by atomic mass is 16.5. The van der Waals surface area contributed by atoms with Gasteiger partial charge in [-0.15, -0.1) is 0 Å². The van der Waals surface area contributed by atoms with Crippen LogP contribution in [0.2, 0.25) is 0 Å². The van der Waals surface area contributed by atoms with Gasteiger partial charge in [0.1, 0.15) is 12.3 Å². The van der Waals surface area contributed by atoms with E-state index in [1.807, 2.05) is 0 Å². The summed E-state index contributed by atoms with van der Waals surface area (Å²) in [6, 6.07) is 11.9. The molecule has 0 unspecified atom stereocenters. The molecule has 158 valence electrons. The Morgan fingerprint density at radius 1 is 0.933 bits per heavy atom. The first-order valence-corrected chi connectivity index (χ1v) is 9.23. The molecule has 2 aromatic rings. The van der Waals surface area contributed by atoms with E-state index in [2.05, 4.69) is 5.32 Å². The van der Waals surface area contributed by atoms with Gasteiger partial charge in [-0.3, -0.25) is 14.4 Å². The van der Waals surface area contributed by atoms with Gasteiger partial charge in [0.15, 0.2) is 11.5 Å². The van der Waals surface area contributed by atoms with E-state index in [4.69, 9.17) is 14.2 Å². The number of ether oxygens (including phenoxy) is 3. The predicted molar refractivity (Wildman–Crippen MR) is 110 cm³/mol. The zero-order valence-electron chi connectivity index (χ0n) is 17.0. The van der Waals surface area contributed by atoms with Gasteiger partial charge >= 0.3 is 11.8 Å². The minimum atomic E-state index is -0.730. The molecule has 0 aliphatic carbocycles.